The van der Waals surface area contributed by atoms with Crippen LogP contribution in [0.5, 0.6) is 0 Å². The maximum absolute atomic E-state index is 12.1. The summed E-state index contributed by atoms with van der Waals surface area (Å²) in [5.41, 5.74) is 0.628. The first-order chi connectivity index (χ1) is 9.58. The molecule has 0 unspecified atom stereocenters. The summed E-state index contributed by atoms with van der Waals surface area (Å²) in [5, 5.41) is 12.4. The van der Waals surface area contributed by atoms with Crippen LogP contribution in [-0.4, -0.2) is 22.4 Å². The first kappa shape index (κ1) is 15.0. The summed E-state index contributed by atoms with van der Waals surface area (Å²) < 4.78 is 0. The molecule has 106 valence electrons. The van der Waals surface area contributed by atoms with Crippen LogP contribution < -0.4 is 5.32 Å². The van der Waals surface area contributed by atoms with Crippen molar-refractivity contribution >= 4 is 34.1 Å². The van der Waals surface area contributed by atoms with E-state index in [0.717, 1.165) is 16.3 Å². The number of benzene rings is 1. The molecule has 2 rings (SSSR count). The summed E-state index contributed by atoms with van der Waals surface area (Å²) >= 11 is 3.08. The summed E-state index contributed by atoms with van der Waals surface area (Å²) in [5.74, 6) is 0.385. The molecule has 0 bridgehead atoms. The molecule has 6 heteroatoms. The van der Waals surface area contributed by atoms with Gasteiger partial charge in [-0.1, -0.05) is 25.2 Å². The lowest BCUT2D eigenvalue weighted by Gasteiger charge is -2.02. The molecule has 2 aromatic rings. The second-order valence-corrected chi connectivity index (χ2v) is 6.72. The highest BCUT2D eigenvalue weighted by Crippen LogP contribution is 2.20. The van der Waals surface area contributed by atoms with Crippen LogP contribution in [0.15, 0.2) is 29.2 Å². The van der Waals surface area contributed by atoms with Crippen molar-refractivity contribution in [2.24, 2.45) is 5.92 Å². The highest BCUT2D eigenvalue weighted by atomic mass is 32.2. The first-order valence-electron chi connectivity index (χ1n) is 6.36. The van der Waals surface area contributed by atoms with Gasteiger partial charge < -0.3 is 0 Å². The normalized spacial score (nSPS) is 10.8. The zero-order chi connectivity index (χ0) is 14.5. The fourth-order valence-corrected chi connectivity index (χ4v) is 3.00. The Labute approximate surface area is 127 Å². The molecule has 1 amide bonds. The van der Waals surface area contributed by atoms with E-state index in [1.807, 2.05) is 30.5 Å². The summed E-state index contributed by atoms with van der Waals surface area (Å²) in [6.45, 7) is 4.26. The average molecular weight is 307 g/mol. The third-order valence-corrected chi connectivity index (χ3v) is 4.23. The number of nitrogens with one attached hydrogen (secondary N) is 1. The Morgan fingerprint density at radius 2 is 2.00 bits per heavy atom. The van der Waals surface area contributed by atoms with E-state index in [1.165, 1.54) is 11.3 Å². The van der Waals surface area contributed by atoms with Gasteiger partial charge >= 0.3 is 0 Å². The zero-order valence-electron chi connectivity index (χ0n) is 11.7. The molecule has 20 heavy (non-hydrogen) atoms. The van der Waals surface area contributed by atoms with Gasteiger partial charge in [0.25, 0.3) is 5.91 Å². The Hall–Kier alpha value is -1.40. The molecule has 1 N–H and O–H groups in total. The second kappa shape index (κ2) is 6.85. The molecule has 0 aliphatic rings. The van der Waals surface area contributed by atoms with Crippen molar-refractivity contribution in [2.75, 3.05) is 11.6 Å². The molecule has 4 nitrogen and oxygen atoms in total. The third-order valence-electron chi connectivity index (χ3n) is 2.62. The maximum atomic E-state index is 12.1. The summed E-state index contributed by atoms with van der Waals surface area (Å²) in [4.78, 5) is 13.2. The van der Waals surface area contributed by atoms with Gasteiger partial charge in [-0.2, -0.15) is 0 Å². The number of carbonyl (C=O) groups is 1. The Bertz CT molecular complexity index is 578. The summed E-state index contributed by atoms with van der Waals surface area (Å²) in [6, 6.07) is 7.50. The quantitative estimate of drug-likeness (QED) is 0.856. The Kier molecular flexibility index (Phi) is 5.14. The number of thioether (sulfide) groups is 1. The van der Waals surface area contributed by atoms with Crippen LogP contribution in [0, 0.1) is 5.92 Å². The number of carbonyl (C=O) groups excluding carboxylic acids is 1. The molecule has 0 saturated heterocycles. The van der Waals surface area contributed by atoms with Gasteiger partial charge in [-0.05, 0) is 36.4 Å². The molecule has 0 spiro atoms. The fourth-order valence-electron chi connectivity index (χ4n) is 1.65. The minimum Gasteiger partial charge on any atom is -0.296 e. The lowest BCUT2D eigenvalue weighted by atomic mass is 10.1. The molecular formula is C14H17N3OS2. The van der Waals surface area contributed by atoms with Gasteiger partial charge in [-0.25, -0.2) is 0 Å². The average Bonchev–Trinajstić information content (AvgIpc) is 2.85. The maximum Gasteiger partial charge on any atom is 0.257 e. The van der Waals surface area contributed by atoms with Gasteiger partial charge in [0.1, 0.15) is 5.01 Å². The molecule has 0 atom stereocenters. The van der Waals surface area contributed by atoms with Gasteiger partial charge in [0, 0.05) is 16.9 Å². The molecule has 0 aliphatic carbocycles. The number of rotatable bonds is 5. The SMILES string of the molecule is CSc1ccc(C(=O)Nc2nnc(CC(C)C)s2)cc1. The van der Waals surface area contributed by atoms with E-state index in [-0.39, 0.29) is 5.91 Å². The largest absolute Gasteiger partial charge is 0.296 e. The standard InChI is InChI=1S/C14H17N3OS2/c1-9(2)8-12-16-17-14(20-12)15-13(18)10-4-6-11(19-3)7-5-10/h4-7,9H,8H2,1-3H3,(H,15,17,18). The molecule has 1 aromatic carbocycles. The van der Waals surface area contributed by atoms with Gasteiger partial charge in [0.2, 0.25) is 5.13 Å². The number of aromatic nitrogens is 2. The van der Waals surface area contributed by atoms with E-state index >= 15 is 0 Å². The van der Waals surface area contributed by atoms with Crippen LogP contribution in [-0.2, 0) is 6.42 Å². The van der Waals surface area contributed by atoms with Crippen molar-refractivity contribution in [2.45, 2.75) is 25.2 Å². The molecule has 0 radical (unpaired) electrons. The zero-order valence-corrected chi connectivity index (χ0v) is 13.3. The lowest BCUT2D eigenvalue weighted by Crippen LogP contribution is -2.11. The highest BCUT2D eigenvalue weighted by Gasteiger charge is 2.11. The van der Waals surface area contributed by atoms with E-state index in [4.69, 9.17) is 0 Å². The van der Waals surface area contributed by atoms with Crippen molar-refractivity contribution in [1.82, 2.24) is 10.2 Å². The number of amides is 1. The van der Waals surface area contributed by atoms with Crippen molar-refractivity contribution in [1.29, 1.82) is 0 Å². The Morgan fingerprint density at radius 1 is 1.30 bits per heavy atom. The predicted molar refractivity (Wildman–Crippen MR) is 84.6 cm³/mol. The van der Waals surface area contributed by atoms with E-state index < -0.39 is 0 Å². The van der Waals surface area contributed by atoms with Gasteiger partial charge in [0.15, 0.2) is 0 Å². The van der Waals surface area contributed by atoms with Crippen molar-refractivity contribution in [3.8, 4) is 0 Å². The molecule has 0 saturated carbocycles. The van der Waals surface area contributed by atoms with Gasteiger partial charge in [0.05, 0.1) is 0 Å². The highest BCUT2D eigenvalue weighted by molar-refractivity contribution is 7.98. The smallest absolute Gasteiger partial charge is 0.257 e. The molecular weight excluding hydrogens is 290 g/mol. The molecule has 1 heterocycles. The van der Waals surface area contributed by atoms with Crippen LogP contribution in [0.1, 0.15) is 29.2 Å². The minimum absolute atomic E-state index is 0.148. The predicted octanol–water partition coefficient (Wildman–Crippen LogP) is 3.71. The van der Waals surface area contributed by atoms with E-state index in [1.54, 1.807) is 11.8 Å². The lowest BCUT2D eigenvalue weighted by molar-refractivity contribution is 0.102. The van der Waals surface area contributed by atoms with Crippen molar-refractivity contribution < 1.29 is 4.79 Å². The van der Waals surface area contributed by atoms with Gasteiger partial charge in [-0.15, -0.1) is 22.0 Å². The number of hydrogen-bond donors (Lipinski definition) is 1. The van der Waals surface area contributed by atoms with Crippen LogP contribution in [0.3, 0.4) is 0 Å². The van der Waals surface area contributed by atoms with Crippen LogP contribution in [0.4, 0.5) is 5.13 Å². The van der Waals surface area contributed by atoms with Crippen molar-refractivity contribution in [3.63, 3.8) is 0 Å². The Balaban J connectivity index is 2.01. The van der Waals surface area contributed by atoms with E-state index in [9.17, 15) is 4.79 Å². The van der Waals surface area contributed by atoms with E-state index in [0.29, 0.717) is 16.6 Å². The monoisotopic (exact) mass is 307 g/mol. The third kappa shape index (κ3) is 4.05. The molecule has 0 aliphatic heterocycles. The molecule has 1 aromatic heterocycles. The topological polar surface area (TPSA) is 54.9 Å². The van der Waals surface area contributed by atoms with E-state index in [2.05, 4.69) is 29.4 Å². The van der Waals surface area contributed by atoms with Crippen LogP contribution in [0.25, 0.3) is 0 Å². The second-order valence-electron chi connectivity index (χ2n) is 4.78. The summed E-state index contributed by atoms with van der Waals surface area (Å²) in [7, 11) is 0. The number of anilines is 1. The van der Waals surface area contributed by atoms with Crippen LogP contribution >= 0.6 is 23.1 Å². The first-order valence-corrected chi connectivity index (χ1v) is 8.40. The fraction of sp³-hybridized carbons (Fsp3) is 0.357. The van der Waals surface area contributed by atoms with Gasteiger partial charge in [-0.3, -0.25) is 10.1 Å². The molecule has 0 fully saturated rings. The van der Waals surface area contributed by atoms with Crippen molar-refractivity contribution in [3.05, 3.63) is 34.8 Å². The Morgan fingerprint density at radius 3 is 2.60 bits per heavy atom. The minimum atomic E-state index is -0.148. The van der Waals surface area contributed by atoms with Crippen LogP contribution in [0.2, 0.25) is 0 Å². The number of hydrogen-bond acceptors (Lipinski definition) is 5. The number of nitrogens with zero attached hydrogens (tertiary/aromatic N) is 2. The summed E-state index contributed by atoms with van der Waals surface area (Å²) in [6.07, 6.45) is 2.89.